The van der Waals surface area contributed by atoms with Crippen LogP contribution in [0.15, 0.2) is 24.3 Å². The van der Waals surface area contributed by atoms with Gasteiger partial charge in [0.1, 0.15) is 6.04 Å². The maximum absolute atomic E-state index is 13.1. The smallest absolute Gasteiger partial charge is 0.254 e. The second-order valence-corrected chi connectivity index (χ2v) is 7.45. The molecule has 1 heterocycles. The number of hydrogen-bond acceptors (Lipinski definition) is 3. The van der Waals surface area contributed by atoms with Crippen LogP contribution in [0.4, 0.5) is 0 Å². The van der Waals surface area contributed by atoms with E-state index in [2.05, 4.69) is 5.32 Å². The van der Waals surface area contributed by atoms with Gasteiger partial charge in [-0.15, -0.1) is 0 Å². The van der Waals surface area contributed by atoms with Gasteiger partial charge in [-0.2, -0.15) is 0 Å². The summed E-state index contributed by atoms with van der Waals surface area (Å²) in [6.07, 6.45) is 5.89. The Morgan fingerprint density at radius 3 is 2.64 bits per heavy atom. The Balaban J connectivity index is 1.81. The largest absolute Gasteiger partial charge is 0.354 e. The maximum atomic E-state index is 13.1. The molecule has 3 rings (SSSR count). The zero-order valence-corrected chi connectivity index (χ0v) is 15.2. The third kappa shape index (κ3) is 3.98. The molecule has 136 valence electrons. The van der Waals surface area contributed by atoms with Gasteiger partial charge in [0.05, 0.1) is 0 Å². The molecule has 1 aromatic rings. The Morgan fingerprint density at radius 2 is 1.92 bits per heavy atom. The molecular weight excluding hydrogens is 338 g/mol. The van der Waals surface area contributed by atoms with Crippen LogP contribution in [-0.4, -0.2) is 41.9 Å². The number of fused-ring (bicyclic) bond motifs is 1. The number of amides is 2. The molecule has 1 aromatic carbocycles. The highest BCUT2D eigenvalue weighted by Gasteiger charge is 2.47. The fraction of sp³-hybridized carbons (Fsp3) is 0.579. The van der Waals surface area contributed by atoms with E-state index in [1.54, 1.807) is 24.3 Å². The molecule has 0 bridgehead atoms. The minimum Gasteiger partial charge on any atom is -0.354 e. The Labute approximate surface area is 153 Å². The molecule has 3 atom stereocenters. The van der Waals surface area contributed by atoms with E-state index in [0.29, 0.717) is 29.6 Å². The van der Waals surface area contributed by atoms with Gasteiger partial charge in [-0.3, -0.25) is 9.59 Å². The SMILES string of the molecule is NCCCNC(=O)C1CC2CCCCC2N1C(=O)c1ccc(Cl)cc1. The van der Waals surface area contributed by atoms with Crippen LogP contribution in [0, 0.1) is 5.92 Å². The molecule has 0 radical (unpaired) electrons. The number of carbonyl (C=O) groups is 2. The van der Waals surface area contributed by atoms with Crippen LogP contribution in [0.25, 0.3) is 0 Å². The Hall–Kier alpha value is -1.59. The molecular formula is C19H26ClN3O2. The summed E-state index contributed by atoms with van der Waals surface area (Å²) in [5, 5.41) is 3.55. The molecule has 1 aliphatic carbocycles. The van der Waals surface area contributed by atoms with E-state index >= 15 is 0 Å². The predicted molar refractivity (Wildman–Crippen MR) is 98.5 cm³/mol. The molecule has 0 spiro atoms. The normalized spacial score (nSPS) is 25.5. The quantitative estimate of drug-likeness (QED) is 0.789. The first-order valence-corrected chi connectivity index (χ1v) is 9.55. The number of carbonyl (C=O) groups excluding carboxylic acids is 2. The summed E-state index contributed by atoms with van der Waals surface area (Å²) >= 11 is 5.94. The lowest BCUT2D eigenvalue weighted by atomic mass is 9.84. The third-order valence-electron chi connectivity index (χ3n) is 5.40. The average molecular weight is 364 g/mol. The van der Waals surface area contributed by atoms with Gasteiger partial charge in [0.2, 0.25) is 5.91 Å². The highest BCUT2D eigenvalue weighted by atomic mass is 35.5. The lowest BCUT2D eigenvalue weighted by Gasteiger charge is -2.33. The van der Waals surface area contributed by atoms with Crippen molar-refractivity contribution in [2.75, 3.05) is 13.1 Å². The summed E-state index contributed by atoms with van der Waals surface area (Å²) in [7, 11) is 0. The molecule has 3 N–H and O–H groups in total. The van der Waals surface area contributed by atoms with Crippen LogP contribution in [0.2, 0.25) is 5.02 Å². The minimum atomic E-state index is -0.381. The summed E-state index contributed by atoms with van der Waals surface area (Å²) < 4.78 is 0. The number of benzene rings is 1. The van der Waals surface area contributed by atoms with Crippen molar-refractivity contribution in [3.63, 3.8) is 0 Å². The summed E-state index contributed by atoms with van der Waals surface area (Å²) in [6, 6.07) is 6.71. The lowest BCUT2D eigenvalue weighted by molar-refractivity contribution is -0.125. The van der Waals surface area contributed by atoms with Crippen LogP contribution in [0.1, 0.15) is 48.9 Å². The first kappa shape index (κ1) is 18.2. The molecule has 0 aromatic heterocycles. The van der Waals surface area contributed by atoms with Gasteiger partial charge >= 0.3 is 0 Å². The van der Waals surface area contributed by atoms with Gasteiger partial charge in [0.25, 0.3) is 5.91 Å². The van der Waals surface area contributed by atoms with E-state index in [1.165, 1.54) is 6.42 Å². The standard InChI is InChI=1S/C19H26ClN3O2/c20-15-8-6-13(7-9-15)19(25)23-16-5-2-1-4-14(16)12-17(23)18(24)22-11-3-10-21/h6-9,14,16-17H,1-5,10-12,21H2,(H,22,24). The number of rotatable bonds is 5. The molecule has 25 heavy (non-hydrogen) atoms. The molecule has 5 nitrogen and oxygen atoms in total. The lowest BCUT2D eigenvalue weighted by Crippen LogP contribution is -2.49. The molecule has 2 aliphatic rings. The van der Waals surface area contributed by atoms with Crippen LogP contribution in [0.3, 0.4) is 0 Å². The highest BCUT2D eigenvalue weighted by Crippen LogP contribution is 2.40. The van der Waals surface area contributed by atoms with Crippen molar-refractivity contribution in [1.29, 1.82) is 0 Å². The van der Waals surface area contributed by atoms with Crippen molar-refractivity contribution < 1.29 is 9.59 Å². The molecule has 6 heteroatoms. The zero-order chi connectivity index (χ0) is 17.8. The summed E-state index contributed by atoms with van der Waals surface area (Å²) in [4.78, 5) is 27.7. The van der Waals surface area contributed by atoms with Gasteiger partial charge in [-0.25, -0.2) is 0 Å². The monoisotopic (exact) mass is 363 g/mol. The number of halogens is 1. The topological polar surface area (TPSA) is 75.4 Å². The van der Waals surface area contributed by atoms with E-state index < -0.39 is 0 Å². The molecule has 3 unspecified atom stereocenters. The maximum Gasteiger partial charge on any atom is 0.254 e. The zero-order valence-electron chi connectivity index (χ0n) is 14.4. The Bertz CT molecular complexity index is 620. The van der Waals surface area contributed by atoms with Crippen molar-refractivity contribution in [2.45, 2.75) is 50.6 Å². The van der Waals surface area contributed by atoms with Gasteiger partial charge in [0.15, 0.2) is 0 Å². The van der Waals surface area contributed by atoms with E-state index in [1.807, 2.05) is 4.90 Å². The Kier molecular flexibility index (Phi) is 5.97. The van der Waals surface area contributed by atoms with Crippen molar-refractivity contribution in [3.05, 3.63) is 34.9 Å². The number of nitrogens with one attached hydrogen (secondary N) is 1. The fourth-order valence-corrected chi connectivity index (χ4v) is 4.29. The molecule has 2 fully saturated rings. The van der Waals surface area contributed by atoms with Gasteiger partial charge < -0.3 is 16.0 Å². The second-order valence-electron chi connectivity index (χ2n) is 7.02. The van der Waals surface area contributed by atoms with E-state index in [9.17, 15) is 9.59 Å². The fourth-order valence-electron chi connectivity index (χ4n) is 4.16. The Morgan fingerprint density at radius 1 is 1.20 bits per heavy atom. The summed E-state index contributed by atoms with van der Waals surface area (Å²) in [6.45, 7) is 1.10. The highest BCUT2D eigenvalue weighted by molar-refractivity contribution is 6.30. The molecule has 1 aliphatic heterocycles. The van der Waals surface area contributed by atoms with Gasteiger partial charge in [0, 0.05) is 23.2 Å². The van der Waals surface area contributed by atoms with Crippen molar-refractivity contribution >= 4 is 23.4 Å². The second kappa shape index (κ2) is 8.19. The van der Waals surface area contributed by atoms with Crippen molar-refractivity contribution in [2.24, 2.45) is 11.7 Å². The van der Waals surface area contributed by atoms with Crippen molar-refractivity contribution in [1.82, 2.24) is 10.2 Å². The number of hydrogen-bond donors (Lipinski definition) is 2. The van der Waals surface area contributed by atoms with Crippen LogP contribution in [0.5, 0.6) is 0 Å². The number of nitrogens with zero attached hydrogens (tertiary/aromatic N) is 1. The van der Waals surface area contributed by atoms with Crippen LogP contribution in [-0.2, 0) is 4.79 Å². The van der Waals surface area contributed by atoms with Crippen LogP contribution >= 0.6 is 11.6 Å². The van der Waals surface area contributed by atoms with E-state index in [4.69, 9.17) is 17.3 Å². The predicted octanol–water partition coefficient (Wildman–Crippen LogP) is 2.58. The third-order valence-corrected chi connectivity index (χ3v) is 5.65. The molecule has 1 saturated carbocycles. The van der Waals surface area contributed by atoms with Gasteiger partial charge in [-0.1, -0.05) is 24.4 Å². The van der Waals surface area contributed by atoms with E-state index in [-0.39, 0.29) is 23.9 Å². The number of likely N-dealkylation sites (tertiary alicyclic amines) is 1. The molecule has 2 amide bonds. The van der Waals surface area contributed by atoms with Crippen LogP contribution < -0.4 is 11.1 Å². The summed E-state index contributed by atoms with van der Waals surface area (Å²) in [5.41, 5.74) is 6.09. The first-order chi connectivity index (χ1) is 12.1. The molecule has 1 saturated heterocycles. The first-order valence-electron chi connectivity index (χ1n) is 9.18. The van der Waals surface area contributed by atoms with E-state index in [0.717, 1.165) is 32.1 Å². The average Bonchev–Trinajstić information content (AvgIpc) is 3.01. The van der Waals surface area contributed by atoms with Crippen molar-refractivity contribution in [3.8, 4) is 0 Å². The van der Waals surface area contributed by atoms with Gasteiger partial charge in [-0.05, 0) is 62.4 Å². The number of nitrogens with two attached hydrogens (primary N) is 1. The minimum absolute atomic E-state index is 0.0508. The summed E-state index contributed by atoms with van der Waals surface area (Å²) in [5.74, 6) is 0.311.